The highest BCUT2D eigenvalue weighted by atomic mass is 16.2. The molecule has 1 amide bonds. The molecule has 1 aromatic carbocycles. The van der Waals surface area contributed by atoms with Gasteiger partial charge in [0.05, 0.1) is 23.1 Å². The van der Waals surface area contributed by atoms with E-state index in [0.717, 1.165) is 43.2 Å². The van der Waals surface area contributed by atoms with Crippen LogP contribution in [0.3, 0.4) is 0 Å². The number of para-hydroxylation sites is 1. The standard InChI is InChI=1S/C17H21N3O/c1-13-8-10-19(11-9-13)17(21)16-12-18-20(14(16)2)15-6-4-3-5-7-15/h3-7,12-13H,8-11H2,1-2H3. The molecule has 1 aliphatic rings. The summed E-state index contributed by atoms with van der Waals surface area (Å²) in [5.41, 5.74) is 2.61. The van der Waals surface area contributed by atoms with Crippen molar-refractivity contribution >= 4 is 5.91 Å². The second kappa shape index (κ2) is 5.72. The number of carbonyl (C=O) groups is 1. The summed E-state index contributed by atoms with van der Waals surface area (Å²) in [4.78, 5) is 14.6. The van der Waals surface area contributed by atoms with E-state index in [4.69, 9.17) is 0 Å². The smallest absolute Gasteiger partial charge is 0.257 e. The number of likely N-dealkylation sites (tertiary alicyclic amines) is 1. The highest BCUT2D eigenvalue weighted by Gasteiger charge is 2.24. The molecule has 0 bridgehead atoms. The zero-order valence-corrected chi connectivity index (χ0v) is 12.6. The molecule has 0 atom stereocenters. The fourth-order valence-electron chi connectivity index (χ4n) is 2.83. The van der Waals surface area contributed by atoms with Gasteiger partial charge in [-0.3, -0.25) is 4.79 Å². The van der Waals surface area contributed by atoms with Crippen LogP contribution in [-0.2, 0) is 0 Å². The minimum absolute atomic E-state index is 0.113. The summed E-state index contributed by atoms with van der Waals surface area (Å²) in [6.45, 7) is 5.92. The fraction of sp³-hybridized carbons (Fsp3) is 0.412. The Balaban J connectivity index is 1.84. The Morgan fingerprint density at radius 2 is 1.86 bits per heavy atom. The maximum absolute atomic E-state index is 12.6. The highest BCUT2D eigenvalue weighted by Crippen LogP contribution is 2.20. The summed E-state index contributed by atoms with van der Waals surface area (Å²) in [5.74, 6) is 0.837. The molecule has 1 fully saturated rings. The first-order valence-corrected chi connectivity index (χ1v) is 7.56. The number of nitrogens with zero attached hydrogens (tertiary/aromatic N) is 3. The Morgan fingerprint density at radius 3 is 2.52 bits per heavy atom. The van der Waals surface area contributed by atoms with Crippen molar-refractivity contribution in [2.75, 3.05) is 13.1 Å². The summed E-state index contributed by atoms with van der Waals surface area (Å²) in [6.07, 6.45) is 3.89. The molecule has 0 spiro atoms. The molecule has 4 nitrogen and oxygen atoms in total. The Bertz CT molecular complexity index is 625. The van der Waals surface area contributed by atoms with E-state index < -0.39 is 0 Å². The van der Waals surface area contributed by atoms with Crippen LogP contribution in [0.25, 0.3) is 5.69 Å². The van der Waals surface area contributed by atoms with Gasteiger partial charge in [-0.2, -0.15) is 5.10 Å². The summed E-state index contributed by atoms with van der Waals surface area (Å²) >= 11 is 0. The number of rotatable bonds is 2. The number of hydrogen-bond donors (Lipinski definition) is 0. The minimum atomic E-state index is 0.113. The van der Waals surface area contributed by atoms with Gasteiger partial charge in [-0.1, -0.05) is 25.1 Å². The van der Waals surface area contributed by atoms with E-state index in [0.29, 0.717) is 5.56 Å². The van der Waals surface area contributed by atoms with Crippen LogP contribution in [0.4, 0.5) is 0 Å². The van der Waals surface area contributed by atoms with Gasteiger partial charge in [0.15, 0.2) is 0 Å². The summed E-state index contributed by atoms with van der Waals surface area (Å²) < 4.78 is 1.83. The molecule has 0 N–H and O–H groups in total. The monoisotopic (exact) mass is 283 g/mol. The van der Waals surface area contributed by atoms with Crippen LogP contribution in [-0.4, -0.2) is 33.7 Å². The maximum Gasteiger partial charge on any atom is 0.257 e. The van der Waals surface area contributed by atoms with Gasteiger partial charge < -0.3 is 4.90 Å². The number of hydrogen-bond acceptors (Lipinski definition) is 2. The van der Waals surface area contributed by atoms with E-state index in [2.05, 4.69) is 12.0 Å². The minimum Gasteiger partial charge on any atom is -0.339 e. The highest BCUT2D eigenvalue weighted by molar-refractivity contribution is 5.95. The van der Waals surface area contributed by atoms with Crippen molar-refractivity contribution in [1.82, 2.24) is 14.7 Å². The maximum atomic E-state index is 12.6. The molecule has 2 aromatic rings. The third-order valence-electron chi connectivity index (χ3n) is 4.31. The van der Waals surface area contributed by atoms with Crippen molar-refractivity contribution in [2.45, 2.75) is 26.7 Å². The van der Waals surface area contributed by atoms with Gasteiger partial charge in [-0.05, 0) is 37.8 Å². The number of carbonyl (C=O) groups excluding carboxylic acids is 1. The lowest BCUT2D eigenvalue weighted by Crippen LogP contribution is -2.38. The van der Waals surface area contributed by atoms with E-state index >= 15 is 0 Å². The second-order valence-electron chi connectivity index (χ2n) is 5.87. The number of piperidine rings is 1. The van der Waals surface area contributed by atoms with Gasteiger partial charge in [-0.15, -0.1) is 0 Å². The topological polar surface area (TPSA) is 38.1 Å². The van der Waals surface area contributed by atoms with E-state index in [9.17, 15) is 4.79 Å². The molecule has 1 aromatic heterocycles. The van der Waals surface area contributed by atoms with Crippen LogP contribution in [0.15, 0.2) is 36.5 Å². The molecule has 3 rings (SSSR count). The molecule has 110 valence electrons. The van der Waals surface area contributed by atoms with E-state index in [1.54, 1.807) is 6.20 Å². The molecule has 4 heteroatoms. The lowest BCUT2D eigenvalue weighted by Gasteiger charge is -2.30. The predicted molar refractivity (Wildman–Crippen MR) is 82.6 cm³/mol. The normalized spacial score (nSPS) is 16.2. The molecular formula is C17H21N3O. The third-order valence-corrected chi connectivity index (χ3v) is 4.31. The Morgan fingerprint density at radius 1 is 1.19 bits per heavy atom. The largest absolute Gasteiger partial charge is 0.339 e. The van der Waals surface area contributed by atoms with Crippen molar-refractivity contribution in [1.29, 1.82) is 0 Å². The zero-order chi connectivity index (χ0) is 14.8. The van der Waals surface area contributed by atoms with Gasteiger partial charge in [-0.25, -0.2) is 4.68 Å². The van der Waals surface area contributed by atoms with Crippen LogP contribution in [0.1, 0.15) is 35.8 Å². The average molecular weight is 283 g/mol. The summed E-state index contributed by atoms with van der Waals surface area (Å²) in [6, 6.07) is 9.92. The first-order valence-electron chi connectivity index (χ1n) is 7.56. The van der Waals surface area contributed by atoms with Crippen LogP contribution >= 0.6 is 0 Å². The number of benzene rings is 1. The third kappa shape index (κ3) is 2.71. The molecule has 0 radical (unpaired) electrons. The van der Waals surface area contributed by atoms with Gasteiger partial charge >= 0.3 is 0 Å². The molecule has 1 aliphatic heterocycles. The molecule has 1 saturated heterocycles. The molecular weight excluding hydrogens is 262 g/mol. The Labute approximate surface area is 125 Å². The molecule has 0 saturated carbocycles. The predicted octanol–water partition coefficient (Wildman–Crippen LogP) is 3.05. The summed E-state index contributed by atoms with van der Waals surface area (Å²) in [5, 5.41) is 4.39. The first kappa shape index (κ1) is 13.9. The molecule has 0 unspecified atom stereocenters. The van der Waals surface area contributed by atoms with E-state index in [-0.39, 0.29) is 5.91 Å². The van der Waals surface area contributed by atoms with Crippen molar-refractivity contribution in [2.24, 2.45) is 5.92 Å². The van der Waals surface area contributed by atoms with E-state index in [1.807, 2.05) is 46.8 Å². The van der Waals surface area contributed by atoms with Crippen molar-refractivity contribution in [3.8, 4) is 5.69 Å². The second-order valence-corrected chi connectivity index (χ2v) is 5.87. The Hall–Kier alpha value is -2.10. The van der Waals surface area contributed by atoms with Crippen LogP contribution in [0.2, 0.25) is 0 Å². The van der Waals surface area contributed by atoms with Crippen LogP contribution in [0.5, 0.6) is 0 Å². The zero-order valence-electron chi connectivity index (χ0n) is 12.6. The van der Waals surface area contributed by atoms with Crippen LogP contribution < -0.4 is 0 Å². The molecule has 21 heavy (non-hydrogen) atoms. The fourth-order valence-corrected chi connectivity index (χ4v) is 2.83. The van der Waals surface area contributed by atoms with Crippen molar-refractivity contribution in [3.05, 3.63) is 47.8 Å². The van der Waals surface area contributed by atoms with Crippen molar-refractivity contribution in [3.63, 3.8) is 0 Å². The average Bonchev–Trinajstić information content (AvgIpc) is 2.90. The molecule has 2 heterocycles. The molecule has 0 aliphatic carbocycles. The van der Waals surface area contributed by atoms with Gasteiger partial charge in [0.1, 0.15) is 0 Å². The van der Waals surface area contributed by atoms with Gasteiger partial charge in [0, 0.05) is 13.1 Å². The lowest BCUT2D eigenvalue weighted by molar-refractivity contribution is 0.0696. The Kier molecular flexibility index (Phi) is 3.78. The van der Waals surface area contributed by atoms with Crippen LogP contribution in [0, 0.1) is 12.8 Å². The van der Waals surface area contributed by atoms with Gasteiger partial charge in [0.25, 0.3) is 5.91 Å². The first-order chi connectivity index (χ1) is 10.2. The van der Waals surface area contributed by atoms with Gasteiger partial charge in [0.2, 0.25) is 0 Å². The lowest BCUT2D eigenvalue weighted by atomic mass is 9.99. The summed E-state index contributed by atoms with van der Waals surface area (Å²) in [7, 11) is 0. The van der Waals surface area contributed by atoms with E-state index in [1.165, 1.54) is 0 Å². The SMILES string of the molecule is Cc1c(C(=O)N2CCC(C)CC2)cnn1-c1ccccc1. The number of aromatic nitrogens is 2. The quantitative estimate of drug-likeness (QED) is 0.849. The number of amides is 1. The van der Waals surface area contributed by atoms with Crippen molar-refractivity contribution < 1.29 is 4.79 Å².